The maximum absolute atomic E-state index is 12.9. The summed E-state index contributed by atoms with van der Waals surface area (Å²) in [6.45, 7) is 6.63. The normalized spacial score (nSPS) is 14.6. The van der Waals surface area contributed by atoms with Crippen molar-refractivity contribution in [3.63, 3.8) is 0 Å². The van der Waals surface area contributed by atoms with Gasteiger partial charge < -0.3 is 14.2 Å². The molecule has 0 radical (unpaired) electrons. The Hall–Kier alpha value is -3.08. The van der Waals surface area contributed by atoms with Crippen LogP contribution in [0.5, 0.6) is 0 Å². The van der Waals surface area contributed by atoms with Crippen LogP contribution in [0.1, 0.15) is 21.7 Å². The molecule has 2 heterocycles. The fraction of sp³-hybridized carbons (Fsp3) is 0.273. The van der Waals surface area contributed by atoms with Gasteiger partial charge in [-0.25, -0.2) is 0 Å². The molecule has 1 fully saturated rings. The van der Waals surface area contributed by atoms with Gasteiger partial charge in [-0.15, -0.1) is 0 Å². The van der Waals surface area contributed by atoms with Crippen LogP contribution in [-0.4, -0.2) is 37.0 Å². The molecular formula is C22H22N2O3. The Balaban J connectivity index is 1.55. The smallest absolute Gasteiger partial charge is 0.289 e. The molecule has 0 unspecified atom stereocenters. The van der Waals surface area contributed by atoms with Gasteiger partial charge in [0.2, 0.25) is 0 Å². The Morgan fingerprint density at radius 1 is 0.926 bits per heavy atom. The minimum absolute atomic E-state index is 0.115. The zero-order valence-corrected chi connectivity index (χ0v) is 15.6. The molecule has 0 saturated carbocycles. The van der Waals surface area contributed by atoms with Crippen LogP contribution in [0.3, 0.4) is 0 Å². The number of amides is 1. The first-order valence-corrected chi connectivity index (χ1v) is 9.17. The standard InChI is InChI=1S/C22H22N2O3/c1-15-12-18-19(25)14-21(27-20(18)13-16(15)2)22(26)24-10-8-23(9-11-24)17-6-4-3-5-7-17/h3-7,12-14H,8-11H2,1-2H3. The predicted octanol–water partition coefficient (Wildman–Crippen LogP) is 3.37. The number of hydrogen-bond donors (Lipinski definition) is 0. The summed E-state index contributed by atoms with van der Waals surface area (Å²) in [5.41, 5.74) is 3.52. The summed E-state index contributed by atoms with van der Waals surface area (Å²) in [4.78, 5) is 29.3. The second-order valence-electron chi connectivity index (χ2n) is 7.02. The quantitative estimate of drug-likeness (QED) is 0.701. The van der Waals surface area contributed by atoms with E-state index in [-0.39, 0.29) is 17.1 Å². The first-order chi connectivity index (χ1) is 13.0. The average Bonchev–Trinajstić information content (AvgIpc) is 2.69. The van der Waals surface area contributed by atoms with Crippen molar-refractivity contribution in [2.45, 2.75) is 13.8 Å². The van der Waals surface area contributed by atoms with Crippen LogP contribution in [0.15, 0.2) is 57.7 Å². The van der Waals surface area contributed by atoms with E-state index in [0.717, 1.165) is 29.9 Å². The fourth-order valence-corrected chi connectivity index (χ4v) is 3.48. The minimum Gasteiger partial charge on any atom is -0.451 e. The van der Waals surface area contributed by atoms with E-state index < -0.39 is 0 Å². The largest absolute Gasteiger partial charge is 0.451 e. The van der Waals surface area contributed by atoms with Crippen molar-refractivity contribution in [2.75, 3.05) is 31.1 Å². The third-order valence-electron chi connectivity index (χ3n) is 5.24. The van der Waals surface area contributed by atoms with Gasteiger partial charge in [-0.2, -0.15) is 0 Å². The predicted molar refractivity (Wildman–Crippen MR) is 107 cm³/mol. The van der Waals surface area contributed by atoms with Crippen molar-refractivity contribution in [1.29, 1.82) is 0 Å². The van der Waals surface area contributed by atoms with Gasteiger partial charge in [-0.1, -0.05) is 18.2 Å². The van der Waals surface area contributed by atoms with Crippen molar-refractivity contribution in [3.05, 3.63) is 75.6 Å². The average molecular weight is 362 g/mol. The highest BCUT2D eigenvalue weighted by molar-refractivity contribution is 5.93. The van der Waals surface area contributed by atoms with E-state index in [9.17, 15) is 9.59 Å². The van der Waals surface area contributed by atoms with Crippen LogP contribution >= 0.6 is 0 Å². The Bertz CT molecular complexity index is 1050. The second kappa shape index (κ2) is 6.91. The molecular weight excluding hydrogens is 340 g/mol. The number of aryl methyl sites for hydroxylation is 2. The molecule has 138 valence electrons. The van der Waals surface area contributed by atoms with E-state index in [4.69, 9.17) is 4.42 Å². The van der Waals surface area contributed by atoms with E-state index >= 15 is 0 Å². The monoisotopic (exact) mass is 362 g/mol. The number of carbonyl (C=O) groups is 1. The number of benzene rings is 2. The highest BCUT2D eigenvalue weighted by Crippen LogP contribution is 2.20. The van der Waals surface area contributed by atoms with Gasteiger partial charge >= 0.3 is 0 Å². The maximum Gasteiger partial charge on any atom is 0.289 e. The van der Waals surface area contributed by atoms with Gasteiger partial charge in [-0.05, 0) is 49.2 Å². The summed E-state index contributed by atoms with van der Waals surface area (Å²) in [7, 11) is 0. The number of piperazine rings is 1. The molecule has 27 heavy (non-hydrogen) atoms. The number of fused-ring (bicyclic) bond motifs is 1. The molecule has 3 aromatic rings. The van der Waals surface area contributed by atoms with Crippen molar-refractivity contribution in [2.24, 2.45) is 0 Å². The third kappa shape index (κ3) is 3.33. The molecule has 1 aliphatic rings. The topological polar surface area (TPSA) is 53.8 Å². The van der Waals surface area contributed by atoms with Gasteiger partial charge in [0.05, 0.1) is 5.39 Å². The molecule has 5 heteroatoms. The zero-order chi connectivity index (χ0) is 19.0. The number of nitrogens with zero attached hydrogens (tertiary/aromatic N) is 2. The van der Waals surface area contributed by atoms with Crippen LogP contribution in [0, 0.1) is 13.8 Å². The van der Waals surface area contributed by atoms with E-state index in [1.807, 2.05) is 44.2 Å². The maximum atomic E-state index is 12.9. The molecule has 1 aliphatic heterocycles. The van der Waals surface area contributed by atoms with Gasteiger partial charge in [-0.3, -0.25) is 9.59 Å². The summed E-state index contributed by atoms with van der Waals surface area (Å²) in [5, 5.41) is 0.517. The van der Waals surface area contributed by atoms with Crippen molar-refractivity contribution in [1.82, 2.24) is 4.90 Å². The fourth-order valence-electron chi connectivity index (χ4n) is 3.48. The van der Waals surface area contributed by atoms with Crippen molar-refractivity contribution >= 4 is 22.6 Å². The van der Waals surface area contributed by atoms with Crippen LogP contribution < -0.4 is 10.3 Å². The first-order valence-electron chi connectivity index (χ1n) is 9.17. The van der Waals surface area contributed by atoms with Gasteiger partial charge in [0.25, 0.3) is 5.91 Å². The van der Waals surface area contributed by atoms with E-state index in [2.05, 4.69) is 17.0 Å². The molecule has 0 aliphatic carbocycles. The Labute approximate surface area is 157 Å². The Morgan fingerprint density at radius 2 is 1.59 bits per heavy atom. The molecule has 5 nitrogen and oxygen atoms in total. The molecule has 1 saturated heterocycles. The lowest BCUT2D eigenvalue weighted by Gasteiger charge is -2.35. The molecule has 1 amide bonds. The summed E-state index contributed by atoms with van der Waals surface area (Å²) >= 11 is 0. The summed E-state index contributed by atoms with van der Waals surface area (Å²) < 4.78 is 5.80. The van der Waals surface area contributed by atoms with Gasteiger partial charge in [0.15, 0.2) is 11.2 Å². The first kappa shape index (κ1) is 17.3. The highest BCUT2D eigenvalue weighted by Gasteiger charge is 2.24. The number of carbonyl (C=O) groups excluding carboxylic acids is 1. The molecule has 2 aromatic carbocycles. The lowest BCUT2D eigenvalue weighted by molar-refractivity contribution is 0.0715. The molecule has 0 atom stereocenters. The van der Waals surface area contributed by atoms with Crippen LogP contribution in [0.25, 0.3) is 11.0 Å². The van der Waals surface area contributed by atoms with Crippen LogP contribution in [0.2, 0.25) is 0 Å². The number of anilines is 1. The number of hydrogen-bond acceptors (Lipinski definition) is 4. The summed E-state index contributed by atoms with van der Waals surface area (Å²) in [5.74, 6) is -0.108. The van der Waals surface area contributed by atoms with Gasteiger partial charge in [0, 0.05) is 37.9 Å². The van der Waals surface area contributed by atoms with Crippen molar-refractivity contribution in [3.8, 4) is 0 Å². The van der Waals surface area contributed by atoms with Crippen molar-refractivity contribution < 1.29 is 9.21 Å². The van der Waals surface area contributed by atoms with E-state index in [0.29, 0.717) is 24.1 Å². The SMILES string of the molecule is Cc1cc2oc(C(=O)N3CCN(c4ccccc4)CC3)cc(=O)c2cc1C. The summed E-state index contributed by atoms with van der Waals surface area (Å²) in [6.07, 6.45) is 0. The molecule has 0 bridgehead atoms. The summed E-state index contributed by atoms with van der Waals surface area (Å²) in [6, 6.07) is 15.1. The molecule has 0 N–H and O–H groups in total. The van der Waals surface area contributed by atoms with Crippen LogP contribution in [-0.2, 0) is 0 Å². The molecule has 0 spiro atoms. The highest BCUT2D eigenvalue weighted by atomic mass is 16.3. The van der Waals surface area contributed by atoms with Crippen LogP contribution in [0.4, 0.5) is 5.69 Å². The van der Waals surface area contributed by atoms with Gasteiger partial charge in [0.1, 0.15) is 5.58 Å². The zero-order valence-electron chi connectivity index (χ0n) is 15.6. The Morgan fingerprint density at radius 3 is 2.30 bits per heavy atom. The van der Waals surface area contributed by atoms with E-state index in [1.165, 1.54) is 6.07 Å². The second-order valence-corrected chi connectivity index (χ2v) is 7.02. The third-order valence-corrected chi connectivity index (χ3v) is 5.24. The molecule has 4 rings (SSSR count). The number of para-hydroxylation sites is 1. The molecule has 1 aromatic heterocycles. The lowest BCUT2D eigenvalue weighted by Crippen LogP contribution is -2.48. The minimum atomic E-state index is -0.222. The Kier molecular flexibility index (Phi) is 4.44. The lowest BCUT2D eigenvalue weighted by atomic mass is 10.1. The number of rotatable bonds is 2. The van der Waals surface area contributed by atoms with E-state index in [1.54, 1.807) is 4.90 Å².